The minimum atomic E-state index is -1.09. The average Bonchev–Trinajstić information content (AvgIpc) is 3.80. The van der Waals surface area contributed by atoms with Gasteiger partial charge in [-0.15, -0.1) is 0 Å². The fraction of sp³-hybridized carbons (Fsp3) is 0.100. The van der Waals surface area contributed by atoms with Crippen LogP contribution in [-0.4, -0.2) is 46.4 Å². The molecule has 16 heteroatoms. The summed E-state index contributed by atoms with van der Waals surface area (Å²) in [6.07, 6.45) is 4.96. The predicted octanol–water partition coefficient (Wildman–Crippen LogP) is 4.41. The normalized spacial score (nSPS) is 14.2. The van der Waals surface area contributed by atoms with Crippen molar-refractivity contribution < 1.29 is 23.2 Å². The molecule has 0 saturated heterocycles. The predicted molar refractivity (Wildman–Crippen MR) is 164 cm³/mol. The van der Waals surface area contributed by atoms with Crippen molar-refractivity contribution >= 4 is 56.8 Å². The van der Waals surface area contributed by atoms with E-state index in [1.807, 2.05) is 0 Å². The quantitative estimate of drug-likeness (QED) is 0.230. The van der Waals surface area contributed by atoms with Gasteiger partial charge in [0.25, 0.3) is 11.8 Å². The number of carbonyl (C=O) groups is 3. The van der Waals surface area contributed by atoms with Crippen molar-refractivity contribution in [3.05, 3.63) is 118 Å². The minimum absolute atomic E-state index is 0.0570. The van der Waals surface area contributed by atoms with Crippen molar-refractivity contribution in [1.29, 1.82) is 0 Å². The van der Waals surface area contributed by atoms with Crippen LogP contribution in [0.1, 0.15) is 44.0 Å². The molecule has 2 aromatic carbocycles. The standard InChI is InChI=1S/C30H20ClF2N9O3S/c31-20-5-3-16(32)10-18(20)24-26-27(39-29(44)25-19-11-17(33)4-6-21(19)46-40-25)38-28(41(26)14-23(43)37-24)30(45)35-13-15-2-7-22(34-12-15)42-9-1-8-36-42/h1-12,24H,13-14H2,(H,35,45)(H,37,43)(H,39,44). The number of nitrogens with zero attached hydrogens (tertiary/aromatic N) is 6. The van der Waals surface area contributed by atoms with Crippen molar-refractivity contribution in [3.63, 3.8) is 0 Å². The minimum Gasteiger partial charge on any atom is -0.345 e. The Kier molecular flexibility index (Phi) is 7.46. The van der Waals surface area contributed by atoms with Gasteiger partial charge in [-0.2, -0.15) is 9.47 Å². The summed E-state index contributed by atoms with van der Waals surface area (Å²) >= 11 is 7.44. The summed E-state index contributed by atoms with van der Waals surface area (Å²) in [6.45, 7) is -0.258. The van der Waals surface area contributed by atoms with Crippen molar-refractivity contribution in [1.82, 2.24) is 39.3 Å². The number of imidazole rings is 1. The zero-order valence-electron chi connectivity index (χ0n) is 23.4. The van der Waals surface area contributed by atoms with E-state index < -0.39 is 35.4 Å². The maximum absolute atomic E-state index is 14.4. The monoisotopic (exact) mass is 659 g/mol. The summed E-state index contributed by atoms with van der Waals surface area (Å²) in [5.41, 5.74) is 0.982. The lowest BCUT2D eigenvalue weighted by Gasteiger charge is -2.28. The molecule has 7 rings (SSSR count). The van der Waals surface area contributed by atoms with Gasteiger partial charge in [0.15, 0.2) is 11.6 Å². The van der Waals surface area contributed by atoms with Crippen LogP contribution >= 0.6 is 23.1 Å². The number of aromatic nitrogens is 6. The molecule has 4 aromatic heterocycles. The molecule has 6 aromatic rings. The first-order valence-electron chi connectivity index (χ1n) is 13.7. The average molecular weight is 660 g/mol. The maximum Gasteiger partial charge on any atom is 0.287 e. The van der Waals surface area contributed by atoms with Gasteiger partial charge in [-0.25, -0.2) is 23.4 Å². The Bertz CT molecular complexity index is 2150. The van der Waals surface area contributed by atoms with E-state index in [2.05, 4.69) is 35.4 Å². The number of benzene rings is 2. The van der Waals surface area contributed by atoms with Gasteiger partial charge in [0, 0.05) is 41.1 Å². The molecule has 5 heterocycles. The first-order chi connectivity index (χ1) is 22.2. The number of halogens is 3. The molecular weight excluding hydrogens is 640 g/mol. The topological polar surface area (TPSA) is 149 Å². The zero-order valence-corrected chi connectivity index (χ0v) is 24.9. The second-order valence-corrected chi connectivity index (χ2v) is 11.4. The Balaban J connectivity index is 1.24. The summed E-state index contributed by atoms with van der Waals surface area (Å²) in [7, 11) is 0. The van der Waals surface area contributed by atoms with E-state index in [-0.39, 0.29) is 46.7 Å². The molecule has 3 N–H and O–H groups in total. The Morgan fingerprint density at radius 1 is 1.09 bits per heavy atom. The van der Waals surface area contributed by atoms with Crippen molar-refractivity contribution in [2.24, 2.45) is 0 Å². The molecule has 0 spiro atoms. The van der Waals surface area contributed by atoms with Crippen LogP contribution in [-0.2, 0) is 17.9 Å². The Labute approximate surface area is 267 Å². The van der Waals surface area contributed by atoms with Gasteiger partial charge >= 0.3 is 0 Å². The second kappa shape index (κ2) is 11.8. The fourth-order valence-corrected chi connectivity index (χ4v) is 6.11. The summed E-state index contributed by atoms with van der Waals surface area (Å²) in [5, 5.41) is 12.8. The Morgan fingerprint density at radius 3 is 2.70 bits per heavy atom. The van der Waals surface area contributed by atoms with Gasteiger partial charge in [0.1, 0.15) is 23.9 Å². The number of hydrogen-bond acceptors (Lipinski definition) is 8. The van der Waals surface area contributed by atoms with Crippen LogP contribution in [0.4, 0.5) is 14.6 Å². The van der Waals surface area contributed by atoms with E-state index in [1.54, 1.807) is 41.5 Å². The van der Waals surface area contributed by atoms with Crippen LogP contribution in [0, 0.1) is 11.6 Å². The highest BCUT2D eigenvalue weighted by molar-refractivity contribution is 7.13. The van der Waals surface area contributed by atoms with Gasteiger partial charge in [0.2, 0.25) is 11.7 Å². The molecular formula is C30H20ClF2N9O3S. The lowest BCUT2D eigenvalue weighted by molar-refractivity contribution is -0.123. The summed E-state index contributed by atoms with van der Waals surface area (Å²) in [5.74, 6) is -2.73. The number of nitrogens with one attached hydrogen (secondary N) is 3. The van der Waals surface area contributed by atoms with Crippen molar-refractivity contribution in [3.8, 4) is 5.82 Å². The zero-order chi connectivity index (χ0) is 31.9. The molecule has 1 aliphatic rings. The number of hydrogen-bond donors (Lipinski definition) is 3. The molecule has 46 heavy (non-hydrogen) atoms. The number of pyridine rings is 1. The molecule has 1 atom stereocenters. The maximum atomic E-state index is 14.4. The fourth-order valence-electron chi connectivity index (χ4n) is 5.13. The van der Waals surface area contributed by atoms with Crippen LogP contribution in [0.5, 0.6) is 0 Å². The van der Waals surface area contributed by atoms with Crippen LogP contribution in [0.15, 0.2) is 73.2 Å². The molecule has 0 saturated carbocycles. The lowest BCUT2D eigenvalue weighted by Crippen LogP contribution is -2.41. The van der Waals surface area contributed by atoms with Gasteiger partial charge in [-0.1, -0.05) is 17.7 Å². The highest BCUT2D eigenvalue weighted by Crippen LogP contribution is 2.36. The van der Waals surface area contributed by atoms with E-state index in [0.717, 1.165) is 23.7 Å². The molecule has 1 unspecified atom stereocenters. The number of anilines is 1. The molecule has 1 aliphatic heterocycles. The SMILES string of the molecule is O=C1Cn2c(C(=O)NCc3ccc(-n4cccn4)nc3)nc(NC(=O)c3nsc4ccc(F)cc34)c2C(c2cc(F)ccc2Cl)N1. The molecule has 12 nitrogen and oxygen atoms in total. The molecule has 3 amide bonds. The van der Waals surface area contributed by atoms with Gasteiger partial charge in [-0.3, -0.25) is 14.4 Å². The third kappa shape index (κ3) is 5.46. The first kappa shape index (κ1) is 29.2. The van der Waals surface area contributed by atoms with Crippen LogP contribution in [0.2, 0.25) is 5.02 Å². The largest absolute Gasteiger partial charge is 0.345 e. The molecule has 230 valence electrons. The highest BCUT2D eigenvalue weighted by Gasteiger charge is 2.36. The first-order valence-corrected chi connectivity index (χ1v) is 14.8. The van der Waals surface area contributed by atoms with E-state index in [1.165, 1.54) is 28.8 Å². The molecule has 0 fully saturated rings. The molecule has 0 radical (unpaired) electrons. The van der Waals surface area contributed by atoms with E-state index in [9.17, 15) is 23.2 Å². The number of carbonyl (C=O) groups excluding carboxylic acids is 3. The van der Waals surface area contributed by atoms with Gasteiger partial charge < -0.3 is 20.5 Å². The number of fused-ring (bicyclic) bond motifs is 2. The van der Waals surface area contributed by atoms with E-state index >= 15 is 0 Å². The molecule has 0 aliphatic carbocycles. The lowest BCUT2D eigenvalue weighted by atomic mass is 10.0. The summed E-state index contributed by atoms with van der Waals surface area (Å²) in [6, 6.07) is 11.8. The van der Waals surface area contributed by atoms with Crippen LogP contribution in [0.3, 0.4) is 0 Å². The third-order valence-corrected chi connectivity index (χ3v) is 8.41. The number of amides is 3. The third-order valence-electron chi connectivity index (χ3n) is 7.24. The second-order valence-electron chi connectivity index (χ2n) is 10.2. The van der Waals surface area contributed by atoms with Crippen molar-refractivity contribution in [2.45, 2.75) is 19.1 Å². The van der Waals surface area contributed by atoms with E-state index in [0.29, 0.717) is 21.5 Å². The summed E-state index contributed by atoms with van der Waals surface area (Å²) in [4.78, 5) is 48.7. The van der Waals surface area contributed by atoms with Gasteiger partial charge in [0.05, 0.1) is 16.4 Å². The van der Waals surface area contributed by atoms with Crippen LogP contribution in [0.25, 0.3) is 15.9 Å². The smallest absolute Gasteiger partial charge is 0.287 e. The Hall–Kier alpha value is -5.54. The number of rotatable bonds is 7. The Morgan fingerprint density at radius 2 is 1.91 bits per heavy atom. The highest BCUT2D eigenvalue weighted by atomic mass is 35.5. The van der Waals surface area contributed by atoms with Crippen LogP contribution < -0.4 is 16.0 Å². The van der Waals surface area contributed by atoms with Crippen molar-refractivity contribution in [2.75, 3.05) is 5.32 Å². The van der Waals surface area contributed by atoms with Gasteiger partial charge in [-0.05, 0) is 65.6 Å². The van der Waals surface area contributed by atoms with E-state index in [4.69, 9.17) is 11.6 Å². The molecule has 0 bridgehead atoms. The summed E-state index contributed by atoms with van der Waals surface area (Å²) < 4.78 is 36.1.